The molecule has 0 saturated carbocycles. The van der Waals surface area contributed by atoms with Crippen LogP contribution in [0.2, 0.25) is 0 Å². The van der Waals surface area contributed by atoms with Gasteiger partial charge in [-0.05, 0) is 50.0 Å². The third-order valence-corrected chi connectivity index (χ3v) is 2.60. The van der Waals surface area contributed by atoms with Crippen molar-refractivity contribution in [2.45, 2.75) is 32.1 Å². The van der Waals surface area contributed by atoms with Crippen molar-refractivity contribution in [3.05, 3.63) is 30.1 Å². The molecule has 2 N–H and O–H groups in total. The van der Waals surface area contributed by atoms with E-state index in [4.69, 9.17) is 5.11 Å². The van der Waals surface area contributed by atoms with Gasteiger partial charge in [-0.1, -0.05) is 12.8 Å². The second kappa shape index (κ2) is 9.31. The molecule has 0 aliphatic carbocycles. The Morgan fingerprint density at radius 2 is 1.75 bits per heavy atom. The molecule has 0 atom stereocenters. The van der Waals surface area contributed by atoms with E-state index in [2.05, 4.69) is 22.4 Å². The minimum atomic E-state index is 0.329. The van der Waals surface area contributed by atoms with Crippen molar-refractivity contribution in [3.8, 4) is 0 Å². The molecule has 0 spiro atoms. The molecule has 0 aliphatic heterocycles. The van der Waals surface area contributed by atoms with E-state index in [0.717, 1.165) is 32.4 Å². The summed E-state index contributed by atoms with van der Waals surface area (Å²) in [6.45, 7) is 2.44. The molecule has 0 aliphatic rings. The molecule has 1 heterocycles. The van der Waals surface area contributed by atoms with Crippen LogP contribution in [0.5, 0.6) is 0 Å². The molecule has 0 aromatic carbocycles. The Morgan fingerprint density at radius 1 is 1.00 bits per heavy atom. The first-order chi connectivity index (χ1) is 7.93. The van der Waals surface area contributed by atoms with E-state index < -0.39 is 0 Å². The summed E-state index contributed by atoms with van der Waals surface area (Å²) >= 11 is 0. The number of nitrogens with one attached hydrogen (secondary N) is 1. The van der Waals surface area contributed by atoms with Crippen LogP contribution in [-0.4, -0.2) is 29.8 Å². The van der Waals surface area contributed by atoms with E-state index in [1.54, 1.807) is 0 Å². The average Bonchev–Trinajstić information content (AvgIpc) is 2.34. The first-order valence-corrected chi connectivity index (χ1v) is 6.14. The van der Waals surface area contributed by atoms with Gasteiger partial charge < -0.3 is 10.4 Å². The van der Waals surface area contributed by atoms with E-state index >= 15 is 0 Å². The van der Waals surface area contributed by atoms with Crippen molar-refractivity contribution < 1.29 is 5.11 Å². The maximum atomic E-state index is 8.61. The number of aliphatic hydroxyl groups is 1. The lowest BCUT2D eigenvalue weighted by atomic mass is 10.2. The van der Waals surface area contributed by atoms with Crippen LogP contribution in [-0.2, 0) is 6.42 Å². The van der Waals surface area contributed by atoms with E-state index in [1.807, 2.05) is 12.4 Å². The Labute approximate surface area is 97.9 Å². The van der Waals surface area contributed by atoms with E-state index in [1.165, 1.54) is 18.4 Å². The molecule has 0 fully saturated rings. The molecular weight excluding hydrogens is 200 g/mol. The fourth-order valence-electron chi connectivity index (χ4n) is 1.62. The maximum absolute atomic E-state index is 8.61. The van der Waals surface area contributed by atoms with Gasteiger partial charge in [0.05, 0.1) is 0 Å². The van der Waals surface area contributed by atoms with Crippen molar-refractivity contribution in [1.29, 1.82) is 0 Å². The number of aromatic nitrogens is 1. The number of aliphatic hydroxyl groups excluding tert-OH is 1. The predicted octanol–water partition coefficient (Wildman–Crippen LogP) is 1.77. The van der Waals surface area contributed by atoms with Crippen LogP contribution >= 0.6 is 0 Å². The molecular formula is C13H22N2O. The first-order valence-electron chi connectivity index (χ1n) is 6.14. The minimum absolute atomic E-state index is 0.329. The Hall–Kier alpha value is -0.930. The predicted molar refractivity (Wildman–Crippen MR) is 66.4 cm³/mol. The highest BCUT2D eigenvalue weighted by Crippen LogP contribution is 1.98. The van der Waals surface area contributed by atoms with Gasteiger partial charge in [-0.15, -0.1) is 0 Å². The number of hydrogen-bond donors (Lipinski definition) is 2. The highest BCUT2D eigenvalue weighted by molar-refractivity contribution is 5.09. The molecule has 0 unspecified atom stereocenters. The lowest BCUT2D eigenvalue weighted by Crippen LogP contribution is -2.18. The van der Waals surface area contributed by atoms with Gasteiger partial charge in [-0.25, -0.2) is 0 Å². The van der Waals surface area contributed by atoms with E-state index in [0.29, 0.717) is 6.61 Å². The standard InChI is InChI=1S/C13H22N2O/c16-12-4-2-1-3-8-14-9-5-13-6-10-15-11-7-13/h6-7,10-11,14,16H,1-5,8-9,12H2. The second-order valence-electron chi connectivity index (χ2n) is 3.99. The SMILES string of the molecule is OCCCCCCNCCc1ccncc1. The Bertz CT molecular complexity index is 251. The normalized spacial score (nSPS) is 10.6. The van der Waals surface area contributed by atoms with Crippen LogP contribution in [0.4, 0.5) is 0 Å². The zero-order chi connectivity index (χ0) is 11.5. The molecule has 1 rings (SSSR count). The molecule has 3 nitrogen and oxygen atoms in total. The molecule has 0 radical (unpaired) electrons. The number of hydrogen-bond acceptors (Lipinski definition) is 3. The zero-order valence-electron chi connectivity index (χ0n) is 9.86. The van der Waals surface area contributed by atoms with Gasteiger partial charge in [0.2, 0.25) is 0 Å². The summed E-state index contributed by atoms with van der Waals surface area (Å²) in [5, 5.41) is 12.0. The van der Waals surface area contributed by atoms with Gasteiger partial charge >= 0.3 is 0 Å². The number of nitrogens with zero attached hydrogens (tertiary/aromatic N) is 1. The number of pyridine rings is 1. The Morgan fingerprint density at radius 3 is 2.50 bits per heavy atom. The molecule has 90 valence electrons. The maximum Gasteiger partial charge on any atom is 0.0431 e. The molecule has 3 heteroatoms. The lowest BCUT2D eigenvalue weighted by Gasteiger charge is -2.04. The summed E-state index contributed by atoms with van der Waals surface area (Å²) in [5.74, 6) is 0. The van der Waals surface area contributed by atoms with Crippen molar-refractivity contribution in [2.24, 2.45) is 0 Å². The van der Waals surface area contributed by atoms with Crippen LogP contribution in [0.15, 0.2) is 24.5 Å². The molecule has 0 saturated heterocycles. The topological polar surface area (TPSA) is 45.1 Å². The van der Waals surface area contributed by atoms with E-state index in [9.17, 15) is 0 Å². The largest absolute Gasteiger partial charge is 0.396 e. The highest BCUT2D eigenvalue weighted by atomic mass is 16.2. The molecule has 1 aromatic heterocycles. The van der Waals surface area contributed by atoms with Gasteiger partial charge in [-0.2, -0.15) is 0 Å². The van der Waals surface area contributed by atoms with Crippen LogP contribution < -0.4 is 5.32 Å². The Kier molecular flexibility index (Phi) is 7.64. The molecule has 1 aromatic rings. The van der Waals surface area contributed by atoms with Crippen LogP contribution in [0.1, 0.15) is 31.2 Å². The first kappa shape index (κ1) is 13.1. The van der Waals surface area contributed by atoms with Crippen molar-refractivity contribution in [2.75, 3.05) is 19.7 Å². The zero-order valence-corrected chi connectivity index (χ0v) is 9.86. The summed E-state index contributed by atoms with van der Waals surface area (Å²) < 4.78 is 0. The smallest absolute Gasteiger partial charge is 0.0431 e. The molecule has 16 heavy (non-hydrogen) atoms. The third kappa shape index (κ3) is 6.53. The van der Waals surface area contributed by atoms with E-state index in [-0.39, 0.29) is 0 Å². The van der Waals surface area contributed by atoms with Crippen LogP contribution in [0.25, 0.3) is 0 Å². The van der Waals surface area contributed by atoms with Gasteiger partial charge in [0, 0.05) is 19.0 Å². The number of unbranched alkanes of at least 4 members (excludes halogenated alkanes) is 3. The minimum Gasteiger partial charge on any atom is -0.396 e. The van der Waals surface area contributed by atoms with Crippen molar-refractivity contribution in [3.63, 3.8) is 0 Å². The average molecular weight is 222 g/mol. The number of rotatable bonds is 9. The highest BCUT2D eigenvalue weighted by Gasteiger charge is 1.92. The second-order valence-corrected chi connectivity index (χ2v) is 3.99. The van der Waals surface area contributed by atoms with Gasteiger partial charge in [0.25, 0.3) is 0 Å². The lowest BCUT2D eigenvalue weighted by molar-refractivity contribution is 0.282. The van der Waals surface area contributed by atoms with Crippen LogP contribution in [0.3, 0.4) is 0 Å². The molecule has 0 bridgehead atoms. The summed E-state index contributed by atoms with van der Waals surface area (Å²) in [5.41, 5.74) is 1.34. The van der Waals surface area contributed by atoms with Crippen molar-refractivity contribution in [1.82, 2.24) is 10.3 Å². The summed E-state index contributed by atoms with van der Waals surface area (Å²) in [4.78, 5) is 3.99. The summed E-state index contributed by atoms with van der Waals surface area (Å²) in [6.07, 6.45) is 9.24. The summed E-state index contributed by atoms with van der Waals surface area (Å²) in [7, 11) is 0. The van der Waals surface area contributed by atoms with Gasteiger partial charge in [-0.3, -0.25) is 4.98 Å². The third-order valence-electron chi connectivity index (χ3n) is 2.60. The fourth-order valence-corrected chi connectivity index (χ4v) is 1.62. The Balaban J connectivity index is 1.89. The van der Waals surface area contributed by atoms with Gasteiger partial charge in [0.1, 0.15) is 0 Å². The quantitative estimate of drug-likeness (QED) is 0.626. The van der Waals surface area contributed by atoms with Crippen LogP contribution in [0, 0.1) is 0 Å². The molecule has 0 amide bonds. The van der Waals surface area contributed by atoms with Gasteiger partial charge in [0.15, 0.2) is 0 Å². The monoisotopic (exact) mass is 222 g/mol. The van der Waals surface area contributed by atoms with Crippen molar-refractivity contribution >= 4 is 0 Å². The summed E-state index contributed by atoms with van der Waals surface area (Å²) in [6, 6.07) is 4.12. The fraction of sp³-hybridized carbons (Fsp3) is 0.615.